The van der Waals surface area contributed by atoms with E-state index >= 15 is 0 Å². The number of thiophene rings is 1. The van der Waals surface area contributed by atoms with E-state index in [9.17, 15) is 9.59 Å². The minimum absolute atomic E-state index is 0.0293. The van der Waals surface area contributed by atoms with Crippen molar-refractivity contribution in [2.75, 3.05) is 6.54 Å². The van der Waals surface area contributed by atoms with Crippen molar-refractivity contribution in [2.45, 2.75) is 38.1 Å². The Labute approximate surface area is 181 Å². The average molecular weight is 419 g/mol. The molecule has 2 amide bonds. The van der Waals surface area contributed by atoms with E-state index in [1.165, 1.54) is 24.0 Å². The van der Waals surface area contributed by atoms with Gasteiger partial charge in [0.1, 0.15) is 0 Å². The highest BCUT2D eigenvalue weighted by Gasteiger charge is 2.20. The van der Waals surface area contributed by atoms with Crippen LogP contribution in [0.3, 0.4) is 0 Å². The van der Waals surface area contributed by atoms with Crippen molar-refractivity contribution in [1.29, 1.82) is 0 Å². The van der Waals surface area contributed by atoms with Gasteiger partial charge in [-0.1, -0.05) is 54.6 Å². The first-order valence-electron chi connectivity index (χ1n) is 10.4. The van der Waals surface area contributed by atoms with Crippen LogP contribution in [0.5, 0.6) is 0 Å². The van der Waals surface area contributed by atoms with Crippen molar-refractivity contribution in [3.63, 3.8) is 0 Å². The minimum Gasteiger partial charge on any atom is -0.347 e. The molecule has 3 aromatic rings. The Morgan fingerprint density at radius 3 is 2.47 bits per heavy atom. The molecule has 0 aliphatic heterocycles. The van der Waals surface area contributed by atoms with Crippen LogP contribution in [0.15, 0.2) is 66.0 Å². The number of amides is 2. The van der Waals surface area contributed by atoms with Crippen molar-refractivity contribution < 1.29 is 9.59 Å². The summed E-state index contributed by atoms with van der Waals surface area (Å²) in [5.41, 5.74) is 4.85. The van der Waals surface area contributed by atoms with Gasteiger partial charge in [0.05, 0.1) is 19.0 Å². The summed E-state index contributed by atoms with van der Waals surface area (Å²) in [4.78, 5) is 25.9. The third-order valence-electron chi connectivity index (χ3n) is 5.49. The number of hydrogen-bond donors (Lipinski definition) is 2. The van der Waals surface area contributed by atoms with Gasteiger partial charge in [-0.3, -0.25) is 9.59 Å². The molecule has 4 nitrogen and oxygen atoms in total. The molecule has 0 spiro atoms. The van der Waals surface area contributed by atoms with Gasteiger partial charge >= 0.3 is 0 Å². The van der Waals surface area contributed by atoms with Gasteiger partial charge in [-0.2, -0.15) is 0 Å². The van der Waals surface area contributed by atoms with Crippen molar-refractivity contribution in [2.24, 2.45) is 0 Å². The summed E-state index contributed by atoms with van der Waals surface area (Å²) in [5, 5.41) is 7.88. The van der Waals surface area contributed by atoms with Gasteiger partial charge in [-0.15, -0.1) is 11.3 Å². The standard InChI is InChI=1S/C25H26N2O2S/c28-23(15-18-7-2-1-3-8-18)26-17-24(29)27-25(22-11-6-14-30-22)21-13-12-19-9-4-5-10-20(19)16-21/h1-3,6-8,11-14,16,25H,4-5,9-10,15,17H2,(H,26,28)(H,27,29)/t25-/m1/s1. The first-order chi connectivity index (χ1) is 14.7. The smallest absolute Gasteiger partial charge is 0.240 e. The third-order valence-corrected chi connectivity index (χ3v) is 6.43. The fraction of sp³-hybridized carbons (Fsp3) is 0.280. The monoisotopic (exact) mass is 418 g/mol. The number of aryl methyl sites for hydroxylation is 2. The molecule has 0 unspecified atom stereocenters. The first kappa shape index (κ1) is 20.4. The number of fused-ring (bicyclic) bond motifs is 1. The molecule has 0 saturated carbocycles. The van der Waals surface area contributed by atoms with Gasteiger partial charge in [-0.25, -0.2) is 0 Å². The molecule has 1 aliphatic carbocycles. The van der Waals surface area contributed by atoms with Crippen LogP contribution < -0.4 is 10.6 Å². The number of nitrogens with one attached hydrogen (secondary N) is 2. The van der Waals surface area contributed by atoms with Gasteiger partial charge in [0.2, 0.25) is 11.8 Å². The molecule has 0 fully saturated rings. The summed E-state index contributed by atoms with van der Waals surface area (Å²) in [6, 6.07) is 20.0. The maximum absolute atomic E-state index is 12.6. The van der Waals surface area contributed by atoms with Crippen molar-refractivity contribution in [3.8, 4) is 0 Å². The van der Waals surface area contributed by atoms with Crippen LogP contribution >= 0.6 is 11.3 Å². The fourth-order valence-electron chi connectivity index (χ4n) is 3.94. The molecule has 0 radical (unpaired) electrons. The Hall–Kier alpha value is -2.92. The quantitative estimate of drug-likeness (QED) is 0.604. The van der Waals surface area contributed by atoms with Crippen molar-refractivity contribution >= 4 is 23.2 Å². The summed E-state index contributed by atoms with van der Waals surface area (Å²) < 4.78 is 0. The second-order valence-electron chi connectivity index (χ2n) is 7.69. The molecule has 154 valence electrons. The predicted octanol–water partition coefficient (Wildman–Crippen LogP) is 4.19. The Bertz CT molecular complexity index is 999. The zero-order chi connectivity index (χ0) is 20.8. The van der Waals surface area contributed by atoms with E-state index < -0.39 is 0 Å². The normalized spacial score (nSPS) is 13.9. The van der Waals surface area contributed by atoms with Gasteiger partial charge in [0.25, 0.3) is 0 Å². The second kappa shape index (κ2) is 9.72. The molecule has 1 aromatic heterocycles. The SMILES string of the molecule is O=C(Cc1ccccc1)NCC(=O)N[C@H](c1ccc2c(c1)CCCC2)c1cccs1. The molecule has 4 rings (SSSR count). The molecule has 0 bridgehead atoms. The lowest BCUT2D eigenvalue weighted by atomic mass is 9.89. The number of carbonyl (C=O) groups is 2. The van der Waals surface area contributed by atoms with Gasteiger partial charge in [0.15, 0.2) is 0 Å². The van der Waals surface area contributed by atoms with Crippen LogP contribution in [-0.4, -0.2) is 18.4 Å². The Balaban J connectivity index is 1.41. The topological polar surface area (TPSA) is 58.2 Å². The zero-order valence-corrected chi connectivity index (χ0v) is 17.7. The van der Waals surface area contributed by atoms with Crippen LogP contribution in [0.4, 0.5) is 0 Å². The molecular weight excluding hydrogens is 392 g/mol. The maximum Gasteiger partial charge on any atom is 0.240 e. The third kappa shape index (κ3) is 5.16. The molecule has 5 heteroatoms. The average Bonchev–Trinajstić information content (AvgIpc) is 3.31. The largest absolute Gasteiger partial charge is 0.347 e. The molecular formula is C25H26N2O2S. The highest BCUT2D eigenvalue weighted by Crippen LogP contribution is 2.30. The molecule has 0 saturated heterocycles. The second-order valence-corrected chi connectivity index (χ2v) is 8.67. The Morgan fingerprint density at radius 2 is 1.70 bits per heavy atom. The number of rotatable bonds is 7. The lowest BCUT2D eigenvalue weighted by Crippen LogP contribution is -2.39. The van der Waals surface area contributed by atoms with E-state index in [1.54, 1.807) is 11.3 Å². The fourth-order valence-corrected chi connectivity index (χ4v) is 4.74. The Kier molecular flexibility index (Phi) is 6.60. The van der Waals surface area contributed by atoms with E-state index in [-0.39, 0.29) is 30.8 Å². The molecule has 1 heterocycles. The van der Waals surface area contributed by atoms with E-state index in [0.29, 0.717) is 0 Å². The molecule has 30 heavy (non-hydrogen) atoms. The molecule has 2 aromatic carbocycles. The van der Waals surface area contributed by atoms with Crippen LogP contribution in [0.2, 0.25) is 0 Å². The molecule has 1 aliphatic rings. The summed E-state index contributed by atoms with van der Waals surface area (Å²) in [7, 11) is 0. The van der Waals surface area contributed by atoms with Crippen LogP contribution in [-0.2, 0) is 28.9 Å². The minimum atomic E-state index is -0.198. The predicted molar refractivity (Wildman–Crippen MR) is 121 cm³/mol. The van der Waals surface area contributed by atoms with Gasteiger partial charge < -0.3 is 10.6 Å². The Morgan fingerprint density at radius 1 is 0.900 bits per heavy atom. The van der Waals surface area contributed by atoms with Crippen LogP contribution in [0.1, 0.15) is 46.0 Å². The van der Waals surface area contributed by atoms with Crippen LogP contribution in [0.25, 0.3) is 0 Å². The molecule has 2 N–H and O–H groups in total. The summed E-state index contributed by atoms with van der Waals surface area (Å²) in [6.45, 7) is -0.0293. The molecule has 1 atom stereocenters. The van der Waals surface area contributed by atoms with E-state index in [0.717, 1.165) is 28.8 Å². The van der Waals surface area contributed by atoms with Gasteiger partial charge in [-0.05, 0) is 59.4 Å². The first-order valence-corrected chi connectivity index (χ1v) is 11.3. The van der Waals surface area contributed by atoms with Crippen LogP contribution in [0, 0.1) is 0 Å². The number of benzene rings is 2. The van der Waals surface area contributed by atoms with Crippen molar-refractivity contribution in [3.05, 3.63) is 93.2 Å². The van der Waals surface area contributed by atoms with E-state index in [1.807, 2.05) is 47.8 Å². The summed E-state index contributed by atoms with van der Waals surface area (Å²) in [5.74, 6) is -0.342. The lowest BCUT2D eigenvalue weighted by molar-refractivity contribution is -0.126. The number of carbonyl (C=O) groups excluding carboxylic acids is 2. The van der Waals surface area contributed by atoms with Crippen molar-refractivity contribution in [1.82, 2.24) is 10.6 Å². The highest BCUT2D eigenvalue weighted by molar-refractivity contribution is 7.10. The highest BCUT2D eigenvalue weighted by atomic mass is 32.1. The summed E-state index contributed by atoms with van der Waals surface area (Å²) >= 11 is 1.63. The number of hydrogen-bond acceptors (Lipinski definition) is 3. The lowest BCUT2D eigenvalue weighted by Gasteiger charge is -2.22. The maximum atomic E-state index is 12.6. The van der Waals surface area contributed by atoms with Gasteiger partial charge in [0, 0.05) is 4.88 Å². The zero-order valence-electron chi connectivity index (χ0n) is 16.9. The summed E-state index contributed by atoms with van der Waals surface area (Å²) in [6.07, 6.45) is 4.98. The van der Waals surface area contributed by atoms with E-state index in [2.05, 4.69) is 28.8 Å². The van der Waals surface area contributed by atoms with E-state index in [4.69, 9.17) is 0 Å².